The summed E-state index contributed by atoms with van der Waals surface area (Å²) in [5.74, 6) is -0.751. The molecule has 0 saturated heterocycles. The molecule has 0 amide bonds. The van der Waals surface area contributed by atoms with E-state index < -0.39 is 27.9 Å². The van der Waals surface area contributed by atoms with E-state index in [1.807, 2.05) is 30.3 Å². The second kappa shape index (κ2) is 7.83. The van der Waals surface area contributed by atoms with Crippen LogP contribution in [0.2, 0.25) is 5.02 Å². The van der Waals surface area contributed by atoms with Crippen LogP contribution in [0.1, 0.15) is 13.3 Å². The summed E-state index contributed by atoms with van der Waals surface area (Å²) in [6.45, 7) is 1.38. The normalized spacial score (nSPS) is 12.8. The summed E-state index contributed by atoms with van der Waals surface area (Å²) in [7, 11) is -4.06. The Bertz CT molecular complexity index is 834. The van der Waals surface area contributed by atoms with Crippen molar-refractivity contribution in [1.82, 2.24) is 0 Å². The number of halogens is 1. The maximum atomic E-state index is 11.8. The molecule has 0 aliphatic carbocycles. The van der Waals surface area contributed by atoms with E-state index >= 15 is 0 Å². The van der Waals surface area contributed by atoms with Crippen LogP contribution in [0, 0.1) is 0 Å². The molecule has 130 valence electrons. The minimum Gasteiger partial charge on any atom is -0.477 e. The van der Waals surface area contributed by atoms with Gasteiger partial charge in [-0.15, -0.1) is 0 Å². The van der Waals surface area contributed by atoms with Crippen molar-refractivity contribution in [2.75, 3.05) is 12.4 Å². The highest BCUT2D eigenvalue weighted by atomic mass is 35.5. The highest BCUT2D eigenvalue weighted by molar-refractivity contribution is 7.85. The molecule has 0 fully saturated rings. The quantitative estimate of drug-likeness (QED) is 0.456. The van der Waals surface area contributed by atoms with Crippen molar-refractivity contribution in [1.29, 1.82) is 0 Å². The maximum absolute atomic E-state index is 11.8. The van der Waals surface area contributed by atoms with Gasteiger partial charge >= 0.3 is 5.97 Å². The molecule has 0 saturated carbocycles. The van der Waals surface area contributed by atoms with E-state index in [-0.39, 0.29) is 13.0 Å². The Morgan fingerprint density at radius 1 is 1.25 bits per heavy atom. The zero-order chi connectivity index (χ0) is 17.7. The Morgan fingerprint density at radius 2 is 1.96 bits per heavy atom. The molecule has 24 heavy (non-hydrogen) atoms. The number of hydrogen-bond acceptors (Lipinski definition) is 5. The summed E-state index contributed by atoms with van der Waals surface area (Å²) >= 11 is 6.30. The van der Waals surface area contributed by atoms with Crippen LogP contribution in [0.5, 0.6) is 5.75 Å². The molecule has 2 rings (SSSR count). The summed E-state index contributed by atoms with van der Waals surface area (Å²) in [6.07, 6.45) is -0.900. The Labute approximate surface area is 145 Å². The Kier molecular flexibility index (Phi) is 6.04. The fraction of sp³-hybridized carbons (Fsp3) is 0.312. The summed E-state index contributed by atoms with van der Waals surface area (Å²) < 4.78 is 40.2. The number of fused-ring (bicyclic) bond motifs is 1. The Morgan fingerprint density at radius 3 is 2.67 bits per heavy atom. The number of esters is 1. The van der Waals surface area contributed by atoms with Gasteiger partial charge in [-0.05, 0) is 24.8 Å². The third-order valence-corrected chi connectivity index (χ3v) is 4.45. The first-order chi connectivity index (χ1) is 11.3. The van der Waals surface area contributed by atoms with Gasteiger partial charge in [-0.1, -0.05) is 41.9 Å². The SMILES string of the molecule is CC(Oc1ccc2ccccc2c1Cl)C(=O)OCCCS(=O)(=O)O. The maximum Gasteiger partial charge on any atom is 0.347 e. The van der Waals surface area contributed by atoms with Crippen LogP contribution in [0.25, 0.3) is 10.8 Å². The first-order valence-electron chi connectivity index (χ1n) is 7.23. The van der Waals surface area contributed by atoms with Gasteiger partial charge in [0, 0.05) is 5.39 Å². The number of ether oxygens (including phenoxy) is 2. The van der Waals surface area contributed by atoms with E-state index in [1.54, 1.807) is 6.07 Å². The van der Waals surface area contributed by atoms with Crippen molar-refractivity contribution < 1.29 is 27.2 Å². The average molecular weight is 373 g/mol. The summed E-state index contributed by atoms with van der Waals surface area (Å²) in [6, 6.07) is 11.0. The van der Waals surface area contributed by atoms with Crippen molar-refractivity contribution in [3.63, 3.8) is 0 Å². The van der Waals surface area contributed by atoms with Gasteiger partial charge in [-0.25, -0.2) is 4.79 Å². The predicted molar refractivity (Wildman–Crippen MR) is 91.0 cm³/mol. The molecule has 6 nitrogen and oxygen atoms in total. The molecule has 0 bridgehead atoms. The number of carbonyl (C=O) groups excluding carboxylic acids is 1. The first-order valence-corrected chi connectivity index (χ1v) is 9.22. The van der Waals surface area contributed by atoms with Gasteiger partial charge in [0.2, 0.25) is 0 Å². The molecular weight excluding hydrogens is 356 g/mol. The highest BCUT2D eigenvalue weighted by Gasteiger charge is 2.18. The lowest BCUT2D eigenvalue weighted by Gasteiger charge is -2.15. The number of carbonyl (C=O) groups is 1. The van der Waals surface area contributed by atoms with Gasteiger partial charge < -0.3 is 9.47 Å². The lowest BCUT2D eigenvalue weighted by atomic mass is 10.1. The second-order valence-electron chi connectivity index (χ2n) is 5.17. The molecule has 1 atom stereocenters. The van der Waals surface area contributed by atoms with Crippen molar-refractivity contribution >= 4 is 38.5 Å². The Hall–Kier alpha value is -1.83. The van der Waals surface area contributed by atoms with Gasteiger partial charge in [-0.2, -0.15) is 8.42 Å². The lowest BCUT2D eigenvalue weighted by Crippen LogP contribution is -2.27. The standard InChI is InChI=1S/C16H17ClO6S/c1-11(16(18)22-9-4-10-24(19,20)21)23-14-8-7-12-5-2-3-6-13(12)15(14)17/h2-3,5-8,11H,4,9-10H2,1H3,(H,19,20,21). The molecule has 0 heterocycles. The molecule has 1 unspecified atom stereocenters. The van der Waals surface area contributed by atoms with E-state index in [9.17, 15) is 13.2 Å². The summed E-state index contributed by atoms with van der Waals surface area (Å²) in [5.41, 5.74) is 0. The van der Waals surface area contributed by atoms with Crippen molar-refractivity contribution in [3.05, 3.63) is 41.4 Å². The summed E-state index contributed by atoms with van der Waals surface area (Å²) in [5, 5.41) is 2.17. The summed E-state index contributed by atoms with van der Waals surface area (Å²) in [4.78, 5) is 11.8. The molecule has 0 aliphatic heterocycles. The molecule has 0 spiro atoms. The van der Waals surface area contributed by atoms with Crippen molar-refractivity contribution in [2.24, 2.45) is 0 Å². The van der Waals surface area contributed by atoms with E-state index in [0.29, 0.717) is 10.8 Å². The van der Waals surface area contributed by atoms with Crippen molar-refractivity contribution in [3.8, 4) is 5.75 Å². The molecular formula is C16H17ClO6S. The van der Waals surface area contributed by atoms with Crippen molar-refractivity contribution in [2.45, 2.75) is 19.4 Å². The zero-order valence-corrected chi connectivity index (χ0v) is 14.5. The first kappa shape index (κ1) is 18.5. The molecule has 0 radical (unpaired) electrons. The fourth-order valence-corrected chi connectivity index (χ4v) is 2.84. The minimum absolute atomic E-state index is 0.00796. The van der Waals surface area contributed by atoms with E-state index in [2.05, 4.69) is 0 Å². The molecule has 1 N–H and O–H groups in total. The van der Waals surface area contributed by atoms with Crippen LogP contribution < -0.4 is 4.74 Å². The topological polar surface area (TPSA) is 89.9 Å². The highest BCUT2D eigenvalue weighted by Crippen LogP contribution is 2.33. The Balaban J connectivity index is 1.95. The van der Waals surface area contributed by atoms with Gasteiger partial charge in [0.1, 0.15) is 5.75 Å². The van der Waals surface area contributed by atoms with Crippen LogP contribution >= 0.6 is 11.6 Å². The van der Waals surface area contributed by atoms with Crippen LogP contribution in [0.3, 0.4) is 0 Å². The third kappa shape index (κ3) is 5.09. The van der Waals surface area contributed by atoms with E-state index in [1.165, 1.54) is 6.92 Å². The fourth-order valence-electron chi connectivity index (χ4n) is 2.07. The number of rotatable bonds is 7. The van der Waals surface area contributed by atoms with Gasteiger partial charge in [0.15, 0.2) is 6.10 Å². The second-order valence-corrected chi connectivity index (χ2v) is 7.12. The van der Waals surface area contributed by atoms with Gasteiger partial charge in [0.05, 0.1) is 17.4 Å². The predicted octanol–water partition coefficient (Wildman–Crippen LogP) is 3.08. The average Bonchev–Trinajstić information content (AvgIpc) is 2.53. The van der Waals surface area contributed by atoms with Gasteiger partial charge in [-0.3, -0.25) is 4.55 Å². The zero-order valence-electron chi connectivity index (χ0n) is 12.9. The molecule has 0 aromatic heterocycles. The van der Waals surface area contributed by atoms with Crippen LogP contribution in [-0.2, 0) is 19.6 Å². The number of benzene rings is 2. The number of hydrogen-bond donors (Lipinski definition) is 1. The smallest absolute Gasteiger partial charge is 0.347 e. The lowest BCUT2D eigenvalue weighted by molar-refractivity contribution is -0.151. The monoisotopic (exact) mass is 372 g/mol. The van der Waals surface area contributed by atoms with Crippen LogP contribution in [-0.4, -0.2) is 37.4 Å². The largest absolute Gasteiger partial charge is 0.477 e. The molecule has 2 aromatic rings. The van der Waals surface area contributed by atoms with E-state index in [0.717, 1.165) is 10.8 Å². The molecule has 2 aromatic carbocycles. The van der Waals surface area contributed by atoms with Gasteiger partial charge in [0.25, 0.3) is 10.1 Å². The minimum atomic E-state index is -4.06. The molecule has 8 heteroatoms. The molecule has 0 aliphatic rings. The van der Waals surface area contributed by atoms with Crippen LogP contribution in [0.4, 0.5) is 0 Å². The van der Waals surface area contributed by atoms with E-state index in [4.69, 9.17) is 25.6 Å². The van der Waals surface area contributed by atoms with Crippen LogP contribution in [0.15, 0.2) is 36.4 Å². The third-order valence-electron chi connectivity index (χ3n) is 3.25.